The van der Waals surface area contributed by atoms with Crippen LogP contribution in [0.3, 0.4) is 0 Å². The number of pyridine rings is 1. The van der Waals surface area contributed by atoms with Gasteiger partial charge in [-0.3, -0.25) is 4.79 Å². The topological polar surface area (TPSA) is 54.5 Å². The van der Waals surface area contributed by atoms with E-state index < -0.39 is 0 Å². The van der Waals surface area contributed by atoms with E-state index >= 15 is 0 Å². The Morgan fingerprint density at radius 1 is 0.967 bits per heavy atom. The van der Waals surface area contributed by atoms with Crippen molar-refractivity contribution in [1.82, 2.24) is 9.88 Å². The molecule has 0 fully saturated rings. The number of fused-ring (bicyclic) bond motifs is 1. The maximum atomic E-state index is 12.6. The fourth-order valence-corrected chi connectivity index (χ4v) is 3.65. The predicted octanol–water partition coefficient (Wildman–Crippen LogP) is 5.72. The van der Waals surface area contributed by atoms with Gasteiger partial charge in [0.1, 0.15) is 17.3 Å². The molecular weight excluding hydrogens is 374 g/mol. The first-order valence-corrected chi connectivity index (χ1v) is 10.3. The van der Waals surface area contributed by atoms with Gasteiger partial charge < -0.3 is 15.0 Å². The van der Waals surface area contributed by atoms with E-state index in [0.29, 0.717) is 6.54 Å². The third-order valence-electron chi connectivity index (χ3n) is 5.49. The van der Waals surface area contributed by atoms with Crippen molar-refractivity contribution in [2.24, 2.45) is 0 Å². The van der Waals surface area contributed by atoms with Gasteiger partial charge in [0.05, 0.1) is 6.54 Å². The average molecular weight is 402 g/mol. The summed E-state index contributed by atoms with van der Waals surface area (Å²) in [6.45, 7) is 8.81. The van der Waals surface area contributed by atoms with E-state index in [-0.39, 0.29) is 18.0 Å². The monoisotopic (exact) mass is 401 g/mol. The van der Waals surface area contributed by atoms with Gasteiger partial charge in [-0.1, -0.05) is 29.8 Å². The second kappa shape index (κ2) is 8.19. The van der Waals surface area contributed by atoms with Crippen molar-refractivity contribution in [3.63, 3.8) is 0 Å². The Hall–Kier alpha value is -3.34. The first kappa shape index (κ1) is 20.0. The number of aryl methyl sites for hydroxylation is 1. The number of benzene rings is 2. The van der Waals surface area contributed by atoms with Crippen LogP contribution in [-0.4, -0.2) is 21.8 Å². The van der Waals surface area contributed by atoms with Crippen LogP contribution in [0.25, 0.3) is 0 Å². The predicted molar refractivity (Wildman–Crippen MR) is 119 cm³/mol. The number of rotatable bonds is 6. The highest BCUT2D eigenvalue weighted by molar-refractivity contribution is 5.99. The normalized spacial score (nSPS) is 14.0. The molecule has 0 saturated carbocycles. The van der Waals surface area contributed by atoms with E-state index in [2.05, 4.69) is 36.3 Å². The number of nitrogens with one attached hydrogen (secondary N) is 1. The number of carbonyl (C=O) groups excluding carboxylic acids is 1. The Morgan fingerprint density at radius 2 is 1.60 bits per heavy atom. The lowest BCUT2D eigenvalue weighted by Crippen LogP contribution is -2.30. The van der Waals surface area contributed by atoms with Crippen LogP contribution in [0.2, 0.25) is 0 Å². The van der Waals surface area contributed by atoms with E-state index in [1.807, 2.05) is 61.2 Å². The zero-order valence-corrected chi connectivity index (χ0v) is 17.8. The number of hydrogen-bond acceptors (Lipinski definition) is 4. The van der Waals surface area contributed by atoms with Crippen LogP contribution < -0.4 is 10.1 Å². The summed E-state index contributed by atoms with van der Waals surface area (Å²) in [5.41, 5.74) is 4.05. The minimum Gasteiger partial charge on any atom is -0.457 e. The number of ether oxygens (including phenoxy) is 1. The Bertz CT molecular complexity index is 1040. The minimum absolute atomic E-state index is 0.0422. The van der Waals surface area contributed by atoms with Crippen LogP contribution in [0.4, 0.5) is 5.82 Å². The molecule has 2 aromatic carbocycles. The van der Waals surface area contributed by atoms with Crippen molar-refractivity contribution in [1.29, 1.82) is 0 Å². The second-order valence-electron chi connectivity index (χ2n) is 8.06. The summed E-state index contributed by atoms with van der Waals surface area (Å²) in [4.78, 5) is 19.0. The standard InChI is InChI=1S/C25H27N3O2/c1-16(2)28-15-23-22(25(28)29)13-14-26-24(23)27-18(4)19-7-11-21(12-8-19)30-20-9-5-17(3)6-10-20/h5-14,16,18H,15H2,1-4H3,(H,26,27)/t18-/m0/s1. The first-order valence-electron chi connectivity index (χ1n) is 10.3. The Balaban J connectivity index is 1.47. The molecule has 4 rings (SSSR count). The van der Waals surface area contributed by atoms with Crippen LogP contribution in [0, 0.1) is 6.92 Å². The van der Waals surface area contributed by atoms with Crippen LogP contribution in [-0.2, 0) is 6.54 Å². The summed E-state index contributed by atoms with van der Waals surface area (Å²) in [6.07, 6.45) is 1.70. The zero-order chi connectivity index (χ0) is 21.3. The maximum absolute atomic E-state index is 12.6. The summed E-state index contributed by atoms with van der Waals surface area (Å²) < 4.78 is 5.92. The van der Waals surface area contributed by atoms with Crippen LogP contribution >= 0.6 is 0 Å². The van der Waals surface area contributed by atoms with Crippen LogP contribution in [0.5, 0.6) is 11.5 Å². The van der Waals surface area contributed by atoms with Gasteiger partial charge in [-0.25, -0.2) is 4.98 Å². The molecule has 1 atom stereocenters. The molecule has 0 saturated heterocycles. The third kappa shape index (κ3) is 4.01. The summed E-state index contributed by atoms with van der Waals surface area (Å²) in [7, 11) is 0. The van der Waals surface area contributed by atoms with Crippen molar-refractivity contribution in [2.45, 2.75) is 46.3 Å². The number of nitrogens with zero attached hydrogens (tertiary/aromatic N) is 2. The molecule has 2 heterocycles. The fourth-order valence-electron chi connectivity index (χ4n) is 3.65. The van der Waals surface area contributed by atoms with E-state index in [0.717, 1.165) is 34.0 Å². The van der Waals surface area contributed by atoms with Gasteiger partial charge in [-0.2, -0.15) is 0 Å². The molecule has 5 heteroatoms. The van der Waals surface area contributed by atoms with Crippen LogP contribution in [0.15, 0.2) is 60.8 Å². The summed E-state index contributed by atoms with van der Waals surface area (Å²) >= 11 is 0. The molecule has 3 aromatic rings. The van der Waals surface area contributed by atoms with Gasteiger partial charge in [-0.05, 0) is 63.6 Å². The van der Waals surface area contributed by atoms with Gasteiger partial charge in [-0.15, -0.1) is 0 Å². The highest BCUT2D eigenvalue weighted by Crippen LogP contribution is 2.31. The Kier molecular flexibility index (Phi) is 5.44. The first-order chi connectivity index (χ1) is 14.4. The highest BCUT2D eigenvalue weighted by atomic mass is 16.5. The largest absolute Gasteiger partial charge is 0.457 e. The molecule has 0 aliphatic carbocycles. The highest BCUT2D eigenvalue weighted by Gasteiger charge is 2.31. The van der Waals surface area contributed by atoms with Gasteiger partial charge in [0.2, 0.25) is 0 Å². The van der Waals surface area contributed by atoms with Gasteiger partial charge in [0.15, 0.2) is 0 Å². The van der Waals surface area contributed by atoms with Crippen molar-refractivity contribution in [3.05, 3.63) is 83.0 Å². The van der Waals surface area contributed by atoms with E-state index in [1.54, 1.807) is 6.20 Å². The molecule has 5 nitrogen and oxygen atoms in total. The molecule has 1 aromatic heterocycles. The quantitative estimate of drug-likeness (QED) is 0.574. The molecule has 0 radical (unpaired) electrons. The average Bonchev–Trinajstić information content (AvgIpc) is 3.08. The SMILES string of the molecule is Cc1ccc(Oc2ccc([C@H](C)Nc3nccc4c3CN(C(C)C)C4=O)cc2)cc1. The molecule has 30 heavy (non-hydrogen) atoms. The lowest BCUT2D eigenvalue weighted by molar-refractivity contribution is 0.0731. The molecular formula is C25H27N3O2. The van der Waals surface area contributed by atoms with E-state index in [1.165, 1.54) is 5.56 Å². The van der Waals surface area contributed by atoms with E-state index in [9.17, 15) is 4.79 Å². The number of amides is 1. The fraction of sp³-hybridized carbons (Fsp3) is 0.280. The molecule has 1 N–H and O–H groups in total. The third-order valence-corrected chi connectivity index (χ3v) is 5.49. The van der Waals surface area contributed by atoms with Crippen molar-refractivity contribution in [3.8, 4) is 11.5 Å². The smallest absolute Gasteiger partial charge is 0.254 e. The minimum atomic E-state index is 0.0422. The Morgan fingerprint density at radius 3 is 2.23 bits per heavy atom. The number of carbonyl (C=O) groups is 1. The maximum Gasteiger partial charge on any atom is 0.254 e. The van der Waals surface area contributed by atoms with Crippen molar-refractivity contribution in [2.75, 3.05) is 5.32 Å². The molecule has 1 aliphatic heterocycles. The number of anilines is 1. The van der Waals surface area contributed by atoms with Crippen molar-refractivity contribution < 1.29 is 9.53 Å². The van der Waals surface area contributed by atoms with Crippen LogP contribution in [0.1, 0.15) is 53.9 Å². The Labute approximate surface area is 177 Å². The number of aromatic nitrogens is 1. The van der Waals surface area contributed by atoms with E-state index in [4.69, 9.17) is 4.74 Å². The lowest BCUT2D eigenvalue weighted by atomic mass is 10.1. The number of hydrogen-bond donors (Lipinski definition) is 1. The summed E-state index contributed by atoms with van der Waals surface area (Å²) in [6, 6.07) is 18.1. The molecule has 1 amide bonds. The second-order valence-corrected chi connectivity index (χ2v) is 8.06. The zero-order valence-electron chi connectivity index (χ0n) is 17.8. The lowest BCUT2D eigenvalue weighted by Gasteiger charge is -2.20. The summed E-state index contributed by atoms with van der Waals surface area (Å²) in [5.74, 6) is 2.47. The van der Waals surface area contributed by atoms with Crippen molar-refractivity contribution >= 4 is 11.7 Å². The van der Waals surface area contributed by atoms with Gasteiger partial charge >= 0.3 is 0 Å². The molecule has 154 valence electrons. The molecule has 1 aliphatic rings. The molecule has 0 bridgehead atoms. The van der Waals surface area contributed by atoms with Gasteiger partial charge in [0, 0.05) is 29.4 Å². The molecule has 0 unspecified atom stereocenters. The molecule has 0 spiro atoms. The van der Waals surface area contributed by atoms with Gasteiger partial charge in [0.25, 0.3) is 5.91 Å². The summed E-state index contributed by atoms with van der Waals surface area (Å²) in [5, 5.41) is 3.48.